The van der Waals surface area contributed by atoms with Gasteiger partial charge in [-0.25, -0.2) is 0 Å². The van der Waals surface area contributed by atoms with Gasteiger partial charge in [-0.2, -0.15) is 18.4 Å². The molecule has 0 spiro atoms. The van der Waals surface area contributed by atoms with E-state index in [1.54, 1.807) is 19.9 Å². The molecule has 7 nitrogen and oxygen atoms in total. The van der Waals surface area contributed by atoms with Crippen LogP contribution < -0.4 is 10.1 Å². The van der Waals surface area contributed by atoms with Crippen LogP contribution in [0.15, 0.2) is 40.8 Å². The fourth-order valence-corrected chi connectivity index (χ4v) is 3.71. The van der Waals surface area contributed by atoms with Gasteiger partial charge in [0.2, 0.25) is 5.82 Å². The van der Waals surface area contributed by atoms with Gasteiger partial charge in [-0.1, -0.05) is 0 Å². The van der Waals surface area contributed by atoms with Crippen molar-refractivity contribution in [3.63, 3.8) is 0 Å². The Balaban J connectivity index is 1.58. The van der Waals surface area contributed by atoms with Crippen LogP contribution in [0.1, 0.15) is 25.0 Å². The molecule has 0 aliphatic rings. The molecule has 0 aliphatic heterocycles. The van der Waals surface area contributed by atoms with E-state index in [-0.39, 0.29) is 11.9 Å². The molecule has 2 aromatic carbocycles. The third kappa shape index (κ3) is 4.75. The van der Waals surface area contributed by atoms with Crippen molar-refractivity contribution < 1.29 is 22.3 Å². The van der Waals surface area contributed by atoms with Gasteiger partial charge in [-0.3, -0.25) is 0 Å². The second-order valence-electron chi connectivity index (χ2n) is 7.06. The Morgan fingerprint density at radius 3 is 2.68 bits per heavy atom. The molecule has 2 N–H and O–H groups in total. The first kappa shape index (κ1) is 21.4. The monoisotopic (exact) mass is 543 g/mol. The fraction of sp³-hybridized carbons (Fsp3) is 0.250. The van der Waals surface area contributed by atoms with Crippen molar-refractivity contribution in [1.29, 1.82) is 0 Å². The van der Waals surface area contributed by atoms with Gasteiger partial charge in [0.15, 0.2) is 5.76 Å². The maximum Gasteiger partial charge on any atom is 0.420 e. The minimum atomic E-state index is -4.52. The highest BCUT2D eigenvalue weighted by atomic mass is 127. The lowest BCUT2D eigenvalue weighted by Gasteiger charge is -2.18. The Kier molecular flexibility index (Phi) is 5.77. The summed E-state index contributed by atoms with van der Waals surface area (Å²) < 4.78 is 52.4. The number of halogens is 4. The Morgan fingerprint density at radius 1 is 1.19 bits per heavy atom. The summed E-state index contributed by atoms with van der Waals surface area (Å²) in [7, 11) is 0. The first-order valence-electron chi connectivity index (χ1n) is 9.28. The van der Waals surface area contributed by atoms with Crippen LogP contribution in [0, 0.1) is 3.57 Å². The SMILES string of the molecule is CC(C)Oc1ccc(NCc2cc3oc(-c4nn[nH]n4)cc3cc2I)cc1C(F)(F)F. The number of alkyl halides is 3. The van der Waals surface area contributed by atoms with Crippen molar-refractivity contribution in [2.24, 2.45) is 0 Å². The van der Waals surface area contributed by atoms with Crippen molar-refractivity contribution >= 4 is 39.2 Å². The highest BCUT2D eigenvalue weighted by Gasteiger charge is 2.35. The molecule has 2 heterocycles. The van der Waals surface area contributed by atoms with E-state index in [1.165, 1.54) is 6.07 Å². The number of tetrazole rings is 1. The summed E-state index contributed by atoms with van der Waals surface area (Å²) in [5, 5.41) is 17.6. The van der Waals surface area contributed by atoms with Crippen LogP contribution in [-0.2, 0) is 12.7 Å². The molecule has 0 saturated heterocycles. The van der Waals surface area contributed by atoms with Crippen LogP contribution in [0.2, 0.25) is 0 Å². The smallest absolute Gasteiger partial charge is 0.420 e. The minimum absolute atomic E-state index is 0.186. The number of nitrogens with zero attached hydrogens (tertiary/aromatic N) is 3. The lowest BCUT2D eigenvalue weighted by Crippen LogP contribution is -2.13. The number of rotatable bonds is 6. The summed E-state index contributed by atoms with van der Waals surface area (Å²) in [5.41, 5.74) is 1.02. The molecule has 0 unspecified atom stereocenters. The topological polar surface area (TPSA) is 88.9 Å². The Hall–Kier alpha value is -2.83. The number of hydrogen-bond donors (Lipinski definition) is 2. The number of fused-ring (bicyclic) bond motifs is 1. The molecular formula is C20H17F3IN5O2. The van der Waals surface area contributed by atoms with E-state index in [0.29, 0.717) is 29.4 Å². The Labute approximate surface area is 188 Å². The quantitative estimate of drug-likeness (QED) is 0.307. The van der Waals surface area contributed by atoms with E-state index in [2.05, 4.69) is 48.5 Å². The lowest BCUT2D eigenvalue weighted by atomic mass is 10.1. The molecule has 0 atom stereocenters. The van der Waals surface area contributed by atoms with Gasteiger partial charge >= 0.3 is 6.18 Å². The number of hydrogen-bond acceptors (Lipinski definition) is 6. The molecule has 2 aromatic heterocycles. The number of aromatic amines is 1. The largest absolute Gasteiger partial charge is 0.490 e. The van der Waals surface area contributed by atoms with E-state index >= 15 is 0 Å². The Morgan fingerprint density at radius 2 is 2.00 bits per heavy atom. The standard InChI is InChI=1S/C20H17F3IN5O2/c1-10(2)30-16-4-3-13(8-14(16)20(21,22)23)25-9-12-7-17-11(5-15(12)24)6-18(31-17)19-26-28-29-27-19/h3-8,10,25H,9H2,1-2H3,(H,26,27,28,29). The first-order chi connectivity index (χ1) is 14.7. The number of nitrogens with one attached hydrogen (secondary N) is 2. The van der Waals surface area contributed by atoms with E-state index in [0.717, 1.165) is 20.6 Å². The summed E-state index contributed by atoms with van der Waals surface area (Å²) in [6, 6.07) is 9.55. The van der Waals surface area contributed by atoms with Gasteiger partial charge in [0.25, 0.3) is 0 Å². The zero-order valence-electron chi connectivity index (χ0n) is 16.4. The lowest BCUT2D eigenvalue weighted by molar-refractivity contribution is -0.139. The van der Waals surface area contributed by atoms with Crippen molar-refractivity contribution in [2.75, 3.05) is 5.32 Å². The molecule has 4 aromatic rings. The summed E-state index contributed by atoms with van der Waals surface area (Å²) >= 11 is 2.18. The summed E-state index contributed by atoms with van der Waals surface area (Å²) in [6.07, 6.45) is -4.88. The minimum Gasteiger partial charge on any atom is -0.490 e. The van der Waals surface area contributed by atoms with Gasteiger partial charge in [-0.15, -0.1) is 10.2 Å². The predicted octanol–water partition coefficient (Wildman–Crippen LogP) is 5.64. The molecule has 4 rings (SSSR count). The van der Waals surface area contributed by atoms with Crippen LogP contribution >= 0.6 is 22.6 Å². The van der Waals surface area contributed by atoms with Gasteiger partial charge in [0.1, 0.15) is 11.3 Å². The molecule has 0 radical (unpaired) electrons. The molecule has 0 saturated carbocycles. The third-order valence-corrected chi connectivity index (χ3v) is 5.39. The normalized spacial score (nSPS) is 12.0. The maximum absolute atomic E-state index is 13.5. The molecule has 0 bridgehead atoms. The highest BCUT2D eigenvalue weighted by Crippen LogP contribution is 2.38. The number of benzene rings is 2. The van der Waals surface area contributed by atoms with E-state index in [4.69, 9.17) is 9.15 Å². The van der Waals surface area contributed by atoms with E-state index in [1.807, 2.05) is 18.2 Å². The number of furan rings is 1. The summed E-state index contributed by atoms with van der Waals surface area (Å²) in [5.74, 6) is 0.628. The van der Waals surface area contributed by atoms with E-state index in [9.17, 15) is 13.2 Å². The predicted molar refractivity (Wildman–Crippen MR) is 117 cm³/mol. The molecular weight excluding hydrogens is 526 g/mol. The average Bonchev–Trinajstić information content (AvgIpc) is 3.35. The van der Waals surface area contributed by atoms with Crippen molar-refractivity contribution in [2.45, 2.75) is 32.7 Å². The molecule has 11 heteroatoms. The molecule has 0 amide bonds. The Bertz CT molecular complexity index is 1210. The molecule has 31 heavy (non-hydrogen) atoms. The maximum atomic E-state index is 13.5. The van der Waals surface area contributed by atoms with Gasteiger partial charge in [0.05, 0.1) is 11.7 Å². The van der Waals surface area contributed by atoms with Crippen LogP contribution in [0.25, 0.3) is 22.6 Å². The van der Waals surface area contributed by atoms with Crippen LogP contribution in [0.5, 0.6) is 5.75 Å². The second-order valence-corrected chi connectivity index (χ2v) is 8.22. The summed E-state index contributed by atoms with van der Waals surface area (Å²) in [4.78, 5) is 0. The second kappa shape index (κ2) is 8.36. The molecule has 162 valence electrons. The van der Waals surface area contributed by atoms with Crippen LogP contribution in [0.4, 0.5) is 18.9 Å². The van der Waals surface area contributed by atoms with Gasteiger partial charge < -0.3 is 14.5 Å². The van der Waals surface area contributed by atoms with E-state index < -0.39 is 11.7 Å². The zero-order chi connectivity index (χ0) is 22.2. The van der Waals surface area contributed by atoms with Crippen LogP contribution in [-0.4, -0.2) is 26.7 Å². The van der Waals surface area contributed by atoms with Gasteiger partial charge in [0, 0.05) is 21.2 Å². The first-order valence-corrected chi connectivity index (χ1v) is 10.4. The molecule has 0 aliphatic carbocycles. The highest BCUT2D eigenvalue weighted by molar-refractivity contribution is 14.1. The van der Waals surface area contributed by atoms with Crippen LogP contribution in [0.3, 0.4) is 0 Å². The molecule has 0 fully saturated rings. The average molecular weight is 543 g/mol. The van der Waals surface area contributed by atoms with Gasteiger partial charge in [-0.05, 0) is 83.6 Å². The fourth-order valence-electron chi connectivity index (χ4n) is 3.03. The number of aromatic nitrogens is 4. The van der Waals surface area contributed by atoms with Crippen molar-refractivity contribution in [1.82, 2.24) is 20.6 Å². The van der Waals surface area contributed by atoms with Crippen molar-refractivity contribution in [3.05, 3.63) is 51.1 Å². The van der Waals surface area contributed by atoms with Crippen molar-refractivity contribution in [3.8, 4) is 17.3 Å². The number of anilines is 1. The number of ether oxygens (including phenoxy) is 1. The summed E-state index contributed by atoms with van der Waals surface area (Å²) in [6.45, 7) is 3.68. The zero-order valence-corrected chi connectivity index (χ0v) is 18.6. The number of H-pyrrole nitrogens is 1. The third-order valence-electron chi connectivity index (χ3n) is 4.38.